The van der Waals surface area contributed by atoms with Crippen LogP contribution in [-0.4, -0.2) is 18.4 Å². The summed E-state index contributed by atoms with van der Waals surface area (Å²) in [6, 6.07) is 7.77. The molecule has 0 saturated heterocycles. The molecule has 0 atom stereocenters. The van der Waals surface area contributed by atoms with Crippen LogP contribution in [0.15, 0.2) is 40.0 Å². The van der Waals surface area contributed by atoms with Crippen molar-refractivity contribution in [3.63, 3.8) is 0 Å². The second-order valence-electron chi connectivity index (χ2n) is 4.46. The van der Waals surface area contributed by atoms with Crippen LogP contribution in [0.25, 0.3) is 0 Å². The summed E-state index contributed by atoms with van der Waals surface area (Å²) in [6.45, 7) is 1.96. The summed E-state index contributed by atoms with van der Waals surface area (Å²) in [4.78, 5) is 18.0. The summed E-state index contributed by atoms with van der Waals surface area (Å²) in [5.41, 5.74) is 6.34. The highest BCUT2D eigenvalue weighted by atomic mass is 32.2. The minimum absolute atomic E-state index is 0.0848. The molecule has 2 rings (SSSR count). The number of hydrogen-bond donors (Lipinski definition) is 2. The maximum atomic E-state index is 12.2. The van der Waals surface area contributed by atoms with Gasteiger partial charge in [-0.1, -0.05) is 17.7 Å². The zero-order valence-corrected chi connectivity index (χ0v) is 11.8. The van der Waals surface area contributed by atoms with Gasteiger partial charge in [-0.25, -0.2) is 13.4 Å². The molecule has 0 saturated carbocycles. The molecule has 106 valence electrons. The lowest BCUT2D eigenvalue weighted by atomic mass is 10.2. The molecule has 0 fully saturated rings. The molecule has 7 heteroatoms. The molecule has 3 N–H and O–H groups in total. The number of rotatable bonds is 4. The van der Waals surface area contributed by atoms with Crippen LogP contribution in [0.3, 0.4) is 0 Å². The SMILES string of the molecule is Cc1ccc(S(=O)(=O)Cc2nc(CN)cc(=O)[nH]2)cc1. The third kappa shape index (κ3) is 3.31. The molecule has 0 bridgehead atoms. The molecular formula is C13H15N3O3S. The lowest BCUT2D eigenvalue weighted by molar-refractivity contribution is 0.593. The highest BCUT2D eigenvalue weighted by Crippen LogP contribution is 2.15. The maximum absolute atomic E-state index is 12.2. The minimum Gasteiger partial charge on any atom is -0.325 e. The Bertz CT molecular complexity index is 764. The van der Waals surface area contributed by atoms with E-state index in [1.807, 2.05) is 6.92 Å². The Morgan fingerprint density at radius 1 is 1.25 bits per heavy atom. The van der Waals surface area contributed by atoms with Crippen molar-refractivity contribution < 1.29 is 8.42 Å². The fourth-order valence-corrected chi connectivity index (χ4v) is 2.96. The largest absolute Gasteiger partial charge is 0.325 e. The molecule has 1 aromatic carbocycles. The normalized spacial score (nSPS) is 11.5. The van der Waals surface area contributed by atoms with Crippen LogP contribution in [0.5, 0.6) is 0 Å². The zero-order chi connectivity index (χ0) is 14.8. The van der Waals surface area contributed by atoms with Crippen LogP contribution >= 0.6 is 0 Å². The van der Waals surface area contributed by atoms with E-state index in [9.17, 15) is 13.2 Å². The number of aromatic amines is 1. The number of sulfone groups is 1. The molecule has 0 aliphatic heterocycles. The van der Waals surface area contributed by atoms with Gasteiger partial charge in [0.1, 0.15) is 11.6 Å². The monoisotopic (exact) mass is 293 g/mol. The van der Waals surface area contributed by atoms with Gasteiger partial charge in [0.05, 0.1) is 10.6 Å². The van der Waals surface area contributed by atoms with Gasteiger partial charge in [-0.2, -0.15) is 0 Å². The lowest BCUT2D eigenvalue weighted by Crippen LogP contribution is -2.17. The van der Waals surface area contributed by atoms with Gasteiger partial charge in [-0.3, -0.25) is 4.79 Å². The van der Waals surface area contributed by atoms with E-state index in [0.29, 0.717) is 5.69 Å². The molecule has 0 aliphatic rings. The molecule has 0 amide bonds. The Morgan fingerprint density at radius 2 is 1.90 bits per heavy atom. The van der Waals surface area contributed by atoms with E-state index < -0.39 is 15.4 Å². The molecule has 0 aliphatic carbocycles. The maximum Gasteiger partial charge on any atom is 0.251 e. The van der Waals surface area contributed by atoms with Gasteiger partial charge >= 0.3 is 0 Å². The van der Waals surface area contributed by atoms with Crippen LogP contribution in [-0.2, 0) is 22.1 Å². The van der Waals surface area contributed by atoms with Crippen LogP contribution < -0.4 is 11.3 Å². The Balaban J connectivity index is 2.35. The molecule has 20 heavy (non-hydrogen) atoms. The Labute approximate surface area is 116 Å². The van der Waals surface area contributed by atoms with Crippen LogP contribution in [0.4, 0.5) is 0 Å². The predicted molar refractivity (Wildman–Crippen MR) is 74.8 cm³/mol. The number of hydrogen-bond acceptors (Lipinski definition) is 5. The van der Waals surface area contributed by atoms with Crippen LogP contribution in [0, 0.1) is 6.92 Å². The first kappa shape index (κ1) is 14.4. The Kier molecular flexibility index (Phi) is 4.01. The van der Waals surface area contributed by atoms with E-state index in [-0.39, 0.29) is 23.0 Å². The fraction of sp³-hybridized carbons (Fsp3) is 0.231. The first-order valence-corrected chi connectivity index (χ1v) is 7.64. The summed E-state index contributed by atoms with van der Waals surface area (Å²) in [7, 11) is -3.55. The third-order valence-corrected chi connectivity index (χ3v) is 4.40. The van der Waals surface area contributed by atoms with Gasteiger partial charge in [0.25, 0.3) is 5.56 Å². The van der Waals surface area contributed by atoms with Gasteiger partial charge in [-0.15, -0.1) is 0 Å². The smallest absolute Gasteiger partial charge is 0.251 e. The molecule has 2 aromatic rings. The van der Waals surface area contributed by atoms with Gasteiger partial charge in [0.2, 0.25) is 0 Å². The second kappa shape index (κ2) is 5.56. The van der Waals surface area contributed by atoms with Crippen molar-refractivity contribution in [1.29, 1.82) is 0 Å². The van der Waals surface area contributed by atoms with E-state index in [1.165, 1.54) is 18.2 Å². The molecule has 0 unspecified atom stereocenters. The number of aromatic nitrogens is 2. The van der Waals surface area contributed by atoms with Gasteiger partial charge < -0.3 is 10.7 Å². The molecular weight excluding hydrogens is 278 g/mol. The Morgan fingerprint density at radius 3 is 2.50 bits per heavy atom. The van der Waals surface area contributed by atoms with E-state index in [4.69, 9.17) is 5.73 Å². The highest BCUT2D eigenvalue weighted by molar-refractivity contribution is 7.90. The first-order chi connectivity index (χ1) is 9.40. The molecule has 0 spiro atoms. The van der Waals surface area contributed by atoms with Crippen molar-refractivity contribution in [3.8, 4) is 0 Å². The fourth-order valence-electron chi connectivity index (χ4n) is 1.75. The quantitative estimate of drug-likeness (QED) is 0.854. The second-order valence-corrected chi connectivity index (χ2v) is 6.45. The predicted octanol–water partition coefficient (Wildman–Crippen LogP) is 0.511. The van der Waals surface area contributed by atoms with Crippen LogP contribution in [0.1, 0.15) is 17.1 Å². The van der Waals surface area contributed by atoms with Gasteiger partial charge in [0.15, 0.2) is 9.84 Å². The van der Waals surface area contributed by atoms with E-state index in [2.05, 4.69) is 9.97 Å². The number of aryl methyl sites for hydroxylation is 1. The number of benzene rings is 1. The Hall–Kier alpha value is -1.99. The van der Waals surface area contributed by atoms with Crippen molar-refractivity contribution in [2.75, 3.05) is 0 Å². The summed E-state index contributed by atoms with van der Waals surface area (Å²) in [5, 5.41) is 0. The van der Waals surface area contributed by atoms with E-state index in [0.717, 1.165) is 5.56 Å². The minimum atomic E-state index is -3.55. The molecule has 0 radical (unpaired) electrons. The molecule has 1 aromatic heterocycles. The van der Waals surface area contributed by atoms with Crippen molar-refractivity contribution in [1.82, 2.24) is 9.97 Å². The van der Waals surface area contributed by atoms with E-state index in [1.54, 1.807) is 12.1 Å². The van der Waals surface area contributed by atoms with Crippen molar-refractivity contribution >= 4 is 9.84 Å². The van der Waals surface area contributed by atoms with Crippen molar-refractivity contribution in [2.24, 2.45) is 5.73 Å². The summed E-state index contributed by atoms with van der Waals surface area (Å²) < 4.78 is 24.5. The summed E-state index contributed by atoms with van der Waals surface area (Å²) in [5.74, 6) is -0.266. The number of nitrogens with one attached hydrogen (secondary N) is 1. The standard InChI is InChI=1S/C13H15N3O3S/c1-9-2-4-11(5-3-9)20(18,19)8-12-15-10(7-14)6-13(17)16-12/h2-6H,7-8,14H2,1H3,(H,15,16,17). The lowest BCUT2D eigenvalue weighted by Gasteiger charge is -2.05. The zero-order valence-electron chi connectivity index (χ0n) is 11.0. The molecule has 6 nitrogen and oxygen atoms in total. The van der Waals surface area contributed by atoms with Gasteiger partial charge in [-0.05, 0) is 19.1 Å². The average molecular weight is 293 g/mol. The number of nitrogens with zero attached hydrogens (tertiary/aromatic N) is 1. The summed E-state index contributed by atoms with van der Waals surface area (Å²) in [6.07, 6.45) is 0. The van der Waals surface area contributed by atoms with Crippen molar-refractivity contribution in [2.45, 2.75) is 24.1 Å². The average Bonchev–Trinajstić information content (AvgIpc) is 2.37. The van der Waals surface area contributed by atoms with E-state index >= 15 is 0 Å². The van der Waals surface area contributed by atoms with Crippen molar-refractivity contribution in [3.05, 3.63) is 57.8 Å². The third-order valence-electron chi connectivity index (χ3n) is 2.76. The van der Waals surface area contributed by atoms with Crippen LogP contribution in [0.2, 0.25) is 0 Å². The highest BCUT2D eigenvalue weighted by Gasteiger charge is 2.17. The topological polar surface area (TPSA) is 106 Å². The number of nitrogens with two attached hydrogens (primary N) is 1. The summed E-state index contributed by atoms with van der Waals surface area (Å²) >= 11 is 0. The molecule has 1 heterocycles. The number of H-pyrrole nitrogens is 1. The van der Waals surface area contributed by atoms with Gasteiger partial charge in [0, 0.05) is 12.6 Å². The first-order valence-electron chi connectivity index (χ1n) is 5.99.